The van der Waals surface area contributed by atoms with Crippen LogP contribution in [-0.4, -0.2) is 24.7 Å². The maximum Gasteiger partial charge on any atom is 0.0560 e. The summed E-state index contributed by atoms with van der Waals surface area (Å²) in [6, 6.07) is 8.38. The Balaban J connectivity index is 1.94. The molecule has 1 saturated heterocycles. The Kier molecular flexibility index (Phi) is 2.23. The van der Waals surface area contributed by atoms with Crippen LogP contribution in [0.5, 0.6) is 0 Å². The zero-order valence-electron chi connectivity index (χ0n) is 9.20. The van der Waals surface area contributed by atoms with Crippen molar-refractivity contribution < 1.29 is 4.74 Å². The van der Waals surface area contributed by atoms with Crippen molar-refractivity contribution in [1.82, 2.24) is 4.98 Å². The highest BCUT2D eigenvalue weighted by atomic mass is 16.5. The van der Waals surface area contributed by atoms with Gasteiger partial charge in [0.25, 0.3) is 0 Å². The summed E-state index contributed by atoms with van der Waals surface area (Å²) in [6.45, 7) is 2.29. The van der Waals surface area contributed by atoms with Crippen molar-refractivity contribution in [2.45, 2.75) is 6.42 Å². The molecule has 0 saturated carbocycles. The minimum Gasteiger partial charge on any atom is -0.380 e. The lowest BCUT2D eigenvalue weighted by molar-refractivity contribution is -0.106. The van der Waals surface area contributed by atoms with Crippen LogP contribution in [0.15, 0.2) is 30.5 Å². The fourth-order valence-electron chi connectivity index (χ4n) is 2.36. The van der Waals surface area contributed by atoms with E-state index in [4.69, 9.17) is 10.5 Å². The van der Waals surface area contributed by atoms with Gasteiger partial charge < -0.3 is 15.5 Å². The molecular weight excluding hydrogens is 200 g/mol. The van der Waals surface area contributed by atoms with Gasteiger partial charge in [0, 0.05) is 29.1 Å². The van der Waals surface area contributed by atoms with E-state index in [1.807, 2.05) is 6.07 Å². The summed E-state index contributed by atoms with van der Waals surface area (Å²) in [5, 5.41) is 1.31. The van der Waals surface area contributed by atoms with E-state index in [1.165, 1.54) is 16.5 Å². The Morgan fingerprint density at radius 3 is 2.81 bits per heavy atom. The Morgan fingerprint density at radius 2 is 2.12 bits per heavy atom. The molecule has 3 heteroatoms. The van der Waals surface area contributed by atoms with Crippen molar-refractivity contribution >= 4 is 10.9 Å². The van der Waals surface area contributed by atoms with Crippen LogP contribution in [0.4, 0.5) is 0 Å². The molecule has 0 aliphatic carbocycles. The van der Waals surface area contributed by atoms with Gasteiger partial charge in [-0.3, -0.25) is 0 Å². The fourth-order valence-corrected chi connectivity index (χ4v) is 2.36. The number of hydrogen-bond acceptors (Lipinski definition) is 2. The zero-order valence-corrected chi connectivity index (χ0v) is 9.20. The van der Waals surface area contributed by atoms with E-state index in [1.54, 1.807) is 0 Å². The minimum absolute atomic E-state index is 0.172. The summed E-state index contributed by atoms with van der Waals surface area (Å²) < 4.78 is 5.30. The van der Waals surface area contributed by atoms with Gasteiger partial charge in [0.1, 0.15) is 0 Å². The summed E-state index contributed by atoms with van der Waals surface area (Å²) in [4.78, 5) is 3.30. The van der Waals surface area contributed by atoms with E-state index in [9.17, 15) is 0 Å². The number of ether oxygens (including phenoxy) is 1. The van der Waals surface area contributed by atoms with Gasteiger partial charge in [-0.2, -0.15) is 0 Å². The van der Waals surface area contributed by atoms with Gasteiger partial charge in [-0.15, -0.1) is 0 Å². The minimum atomic E-state index is 0.172. The van der Waals surface area contributed by atoms with Crippen LogP contribution in [0.3, 0.4) is 0 Å². The molecule has 1 aromatic heterocycles. The van der Waals surface area contributed by atoms with Gasteiger partial charge >= 0.3 is 0 Å². The van der Waals surface area contributed by atoms with Crippen LogP contribution >= 0.6 is 0 Å². The number of rotatable bonds is 3. The summed E-state index contributed by atoms with van der Waals surface area (Å²) >= 11 is 0. The van der Waals surface area contributed by atoms with E-state index >= 15 is 0 Å². The number of fused-ring (bicyclic) bond motifs is 1. The highest BCUT2D eigenvalue weighted by molar-refractivity contribution is 5.83. The van der Waals surface area contributed by atoms with Gasteiger partial charge in [-0.25, -0.2) is 0 Å². The maximum absolute atomic E-state index is 5.84. The number of nitrogens with two attached hydrogens (primary N) is 1. The number of benzene rings is 1. The number of hydrogen-bond donors (Lipinski definition) is 2. The second-order valence-electron chi connectivity index (χ2n) is 4.73. The third-order valence-corrected chi connectivity index (χ3v) is 3.49. The molecule has 0 amide bonds. The number of aromatic nitrogens is 1. The molecule has 2 aromatic rings. The average molecular weight is 216 g/mol. The van der Waals surface area contributed by atoms with Crippen LogP contribution in [0.2, 0.25) is 0 Å². The molecule has 1 fully saturated rings. The first-order valence-corrected chi connectivity index (χ1v) is 5.66. The van der Waals surface area contributed by atoms with Gasteiger partial charge in [0.15, 0.2) is 0 Å². The van der Waals surface area contributed by atoms with Gasteiger partial charge in [0.05, 0.1) is 13.2 Å². The molecule has 0 unspecified atom stereocenters. The number of nitrogens with one attached hydrogen (secondary N) is 1. The normalized spacial score (nSPS) is 18.6. The van der Waals surface area contributed by atoms with E-state index < -0.39 is 0 Å². The highest BCUT2D eigenvalue weighted by Gasteiger charge is 2.37. The van der Waals surface area contributed by atoms with Crippen LogP contribution in [-0.2, 0) is 11.2 Å². The van der Waals surface area contributed by atoms with Crippen molar-refractivity contribution in [2.75, 3.05) is 19.8 Å². The van der Waals surface area contributed by atoms with Gasteiger partial charge in [-0.1, -0.05) is 18.2 Å². The lowest BCUT2D eigenvalue weighted by atomic mass is 9.80. The molecule has 16 heavy (non-hydrogen) atoms. The number of aromatic amines is 1. The quantitative estimate of drug-likeness (QED) is 0.820. The Morgan fingerprint density at radius 1 is 1.31 bits per heavy atom. The second-order valence-corrected chi connectivity index (χ2v) is 4.73. The van der Waals surface area contributed by atoms with Crippen LogP contribution < -0.4 is 5.73 Å². The van der Waals surface area contributed by atoms with Crippen molar-refractivity contribution in [1.29, 1.82) is 0 Å². The van der Waals surface area contributed by atoms with Crippen LogP contribution in [0, 0.1) is 5.41 Å². The number of para-hydroxylation sites is 1. The third kappa shape index (κ3) is 1.44. The SMILES string of the molecule is NCC1(Cc2c[nH]c3ccccc23)COC1. The van der Waals surface area contributed by atoms with E-state index in [0.717, 1.165) is 19.6 Å². The standard InChI is InChI=1S/C13H16N2O/c14-7-13(8-16-9-13)5-10-6-15-12-4-2-1-3-11(10)12/h1-4,6,15H,5,7-9,14H2. The topological polar surface area (TPSA) is 51.0 Å². The summed E-state index contributed by atoms with van der Waals surface area (Å²) in [5.74, 6) is 0. The van der Waals surface area contributed by atoms with Crippen molar-refractivity contribution in [3.63, 3.8) is 0 Å². The first-order valence-electron chi connectivity index (χ1n) is 5.66. The fraction of sp³-hybridized carbons (Fsp3) is 0.385. The molecule has 1 aromatic carbocycles. The molecule has 0 spiro atoms. The van der Waals surface area contributed by atoms with Crippen molar-refractivity contribution in [3.05, 3.63) is 36.0 Å². The molecule has 3 nitrogen and oxygen atoms in total. The Labute approximate surface area is 94.6 Å². The predicted octanol–water partition coefficient (Wildman–Crippen LogP) is 1.69. The molecule has 1 aliphatic rings. The highest BCUT2D eigenvalue weighted by Crippen LogP contribution is 2.32. The monoisotopic (exact) mass is 216 g/mol. The molecule has 0 atom stereocenters. The second kappa shape index (κ2) is 3.61. The summed E-state index contributed by atoms with van der Waals surface area (Å²) in [7, 11) is 0. The van der Waals surface area contributed by atoms with Crippen LogP contribution in [0.25, 0.3) is 10.9 Å². The van der Waals surface area contributed by atoms with E-state index in [0.29, 0.717) is 6.54 Å². The zero-order chi connectivity index (χ0) is 11.0. The van der Waals surface area contributed by atoms with E-state index in [2.05, 4.69) is 29.4 Å². The smallest absolute Gasteiger partial charge is 0.0560 e. The molecule has 84 valence electrons. The predicted molar refractivity (Wildman–Crippen MR) is 64.3 cm³/mol. The number of H-pyrrole nitrogens is 1. The Bertz CT molecular complexity index is 494. The lowest BCUT2D eigenvalue weighted by Gasteiger charge is -2.40. The Hall–Kier alpha value is -1.32. The maximum atomic E-state index is 5.84. The molecule has 2 heterocycles. The molecule has 3 rings (SSSR count). The van der Waals surface area contributed by atoms with Crippen molar-refractivity contribution in [2.24, 2.45) is 11.1 Å². The molecular formula is C13H16N2O. The molecule has 0 bridgehead atoms. The van der Waals surface area contributed by atoms with Gasteiger partial charge in [0.2, 0.25) is 0 Å². The summed E-state index contributed by atoms with van der Waals surface area (Å²) in [5.41, 5.74) is 8.56. The average Bonchev–Trinajstić information content (AvgIpc) is 2.67. The van der Waals surface area contributed by atoms with Crippen LogP contribution in [0.1, 0.15) is 5.56 Å². The summed E-state index contributed by atoms with van der Waals surface area (Å²) in [6.07, 6.45) is 3.11. The van der Waals surface area contributed by atoms with Gasteiger partial charge in [-0.05, 0) is 18.1 Å². The lowest BCUT2D eigenvalue weighted by Crippen LogP contribution is -2.49. The first kappa shape index (κ1) is 9.87. The van der Waals surface area contributed by atoms with E-state index in [-0.39, 0.29) is 5.41 Å². The largest absolute Gasteiger partial charge is 0.380 e. The third-order valence-electron chi connectivity index (χ3n) is 3.49. The molecule has 0 radical (unpaired) electrons. The molecule has 3 N–H and O–H groups in total. The first-order chi connectivity index (χ1) is 7.83. The molecule has 1 aliphatic heterocycles. The van der Waals surface area contributed by atoms with Crippen molar-refractivity contribution in [3.8, 4) is 0 Å².